The quantitative estimate of drug-likeness (QED) is 0.790. The van der Waals surface area contributed by atoms with Gasteiger partial charge < -0.3 is 15.6 Å². The van der Waals surface area contributed by atoms with Crippen LogP contribution >= 0.6 is 12.4 Å². The molecule has 1 saturated heterocycles. The van der Waals surface area contributed by atoms with Crippen LogP contribution in [0.4, 0.5) is 4.39 Å². The predicted molar refractivity (Wildman–Crippen MR) is 103 cm³/mol. The minimum atomic E-state index is -1.01. The number of nitrogens with zero attached hydrogens (tertiary/aromatic N) is 1. The lowest BCUT2D eigenvalue weighted by molar-refractivity contribution is -0.131. The highest BCUT2D eigenvalue weighted by Crippen LogP contribution is 2.41. The number of aliphatic hydroxyl groups is 1. The minimum Gasteiger partial charge on any atom is -0.489 e. The van der Waals surface area contributed by atoms with E-state index in [1.807, 2.05) is 29.2 Å². The molecule has 0 aromatic heterocycles. The molecule has 7 heteroatoms. The van der Waals surface area contributed by atoms with Crippen LogP contribution in [0, 0.1) is 5.82 Å². The van der Waals surface area contributed by atoms with Crippen molar-refractivity contribution in [1.82, 2.24) is 4.90 Å². The van der Waals surface area contributed by atoms with Gasteiger partial charge in [-0.25, -0.2) is 4.39 Å². The third-order valence-electron chi connectivity index (χ3n) is 5.31. The summed E-state index contributed by atoms with van der Waals surface area (Å²) in [4.78, 5) is 13.7. The topological polar surface area (TPSA) is 75.8 Å². The van der Waals surface area contributed by atoms with Gasteiger partial charge >= 0.3 is 0 Å². The third kappa shape index (κ3) is 4.08. The average Bonchev–Trinajstić information content (AvgIpc) is 2.99. The molecule has 1 amide bonds. The Hall–Kier alpha value is -2.15. The highest BCUT2D eigenvalue weighted by atomic mass is 35.5. The summed E-state index contributed by atoms with van der Waals surface area (Å²) in [6.07, 6.45) is 1.25. The van der Waals surface area contributed by atoms with E-state index in [2.05, 4.69) is 0 Å². The molecule has 3 rings (SSSR count). The van der Waals surface area contributed by atoms with Gasteiger partial charge in [0.05, 0.1) is 6.61 Å². The lowest BCUT2D eigenvalue weighted by Gasteiger charge is -2.34. The molecule has 0 unspecified atom stereocenters. The van der Waals surface area contributed by atoms with Gasteiger partial charge in [0.2, 0.25) is 5.91 Å². The van der Waals surface area contributed by atoms with Gasteiger partial charge in [-0.2, -0.15) is 0 Å². The molecule has 5 nitrogen and oxygen atoms in total. The molecular weight excluding hydrogens is 371 g/mol. The summed E-state index contributed by atoms with van der Waals surface area (Å²) < 4.78 is 19.3. The highest BCUT2D eigenvalue weighted by Gasteiger charge is 2.48. The number of carbonyl (C=O) groups excluding carboxylic acids is 1. The van der Waals surface area contributed by atoms with Gasteiger partial charge in [0.25, 0.3) is 0 Å². The lowest BCUT2D eigenvalue weighted by Crippen LogP contribution is -2.55. The molecule has 0 bridgehead atoms. The van der Waals surface area contributed by atoms with E-state index < -0.39 is 11.4 Å². The number of hydrogen-bond donors (Lipinski definition) is 2. The van der Waals surface area contributed by atoms with Gasteiger partial charge in [-0.15, -0.1) is 12.4 Å². The van der Waals surface area contributed by atoms with Crippen LogP contribution in [0.15, 0.2) is 48.5 Å². The summed E-state index contributed by atoms with van der Waals surface area (Å²) in [6.45, 7) is -0.135. The molecular formula is C20H24ClFN2O3. The monoisotopic (exact) mass is 394 g/mol. The predicted octanol–water partition coefficient (Wildman–Crippen LogP) is 2.81. The Morgan fingerprint density at radius 1 is 1.30 bits per heavy atom. The summed E-state index contributed by atoms with van der Waals surface area (Å²) in [5.74, 6) is -0.153. The Morgan fingerprint density at radius 3 is 2.52 bits per heavy atom. The van der Waals surface area contributed by atoms with Gasteiger partial charge in [0.15, 0.2) is 0 Å². The first kappa shape index (κ1) is 21.2. The number of hydrogen-bond acceptors (Lipinski definition) is 4. The second kappa shape index (κ2) is 8.69. The van der Waals surface area contributed by atoms with Gasteiger partial charge in [0, 0.05) is 11.6 Å². The Morgan fingerprint density at radius 2 is 1.96 bits per heavy atom. The first-order valence-electron chi connectivity index (χ1n) is 8.58. The number of carbonyl (C=O) groups is 1. The highest BCUT2D eigenvalue weighted by molar-refractivity contribution is 5.85. The molecule has 2 atom stereocenters. The normalized spacial score (nSPS) is 22.3. The molecule has 0 aliphatic carbocycles. The summed E-state index contributed by atoms with van der Waals surface area (Å²) in [5.41, 5.74) is 6.02. The maximum Gasteiger partial charge on any atom is 0.240 e. The molecule has 27 heavy (non-hydrogen) atoms. The third-order valence-corrected chi connectivity index (χ3v) is 5.31. The molecule has 0 spiro atoms. The Balaban J connectivity index is 0.00000261. The zero-order valence-electron chi connectivity index (χ0n) is 15.1. The van der Waals surface area contributed by atoms with Crippen molar-refractivity contribution in [2.45, 2.75) is 31.0 Å². The van der Waals surface area contributed by atoms with Gasteiger partial charge in [-0.1, -0.05) is 30.3 Å². The largest absolute Gasteiger partial charge is 0.489 e. The van der Waals surface area contributed by atoms with Crippen molar-refractivity contribution in [1.29, 1.82) is 0 Å². The van der Waals surface area contributed by atoms with Crippen molar-refractivity contribution in [3.05, 3.63) is 65.5 Å². The summed E-state index contributed by atoms with van der Waals surface area (Å²) >= 11 is 0. The van der Waals surface area contributed by atoms with E-state index in [1.165, 1.54) is 6.07 Å². The number of benzene rings is 2. The van der Waals surface area contributed by atoms with E-state index in [4.69, 9.17) is 10.5 Å². The van der Waals surface area contributed by atoms with Gasteiger partial charge in [0.1, 0.15) is 23.7 Å². The van der Waals surface area contributed by atoms with Crippen molar-refractivity contribution in [3.8, 4) is 5.75 Å². The number of primary amides is 1. The number of halogens is 2. The molecule has 1 fully saturated rings. The van der Waals surface area contributed by atoms with Crippen LogP contribution in [0.25, 0.3) is 0 Å². The van der Waals surface area contributed by atoms with E-state index in [0.717, 1.165) is 12.0 Å². The zero-order valence-corrected chi connectivity index (χ0v) is 15.9. The number of aliphatic hydroxyl groups excluding tert-OH is 1. The standard InChI is InChI=1S/C20H23FN2O3.ClH/c1-23-18(10-11-20(23,13-24)19(22)25)14-6-8-16(9-7-14)26-12-15-4-2-3-5-17(15)21;/h2-9,18,24H,10-13H2,1H3,(H2,22,25);1H/t18-,20-;/m1./s1. The lowest BCUT2D eigenvalue weighted by atomic mass is 9.97. The smallest absolute Gasteiger partial charge is 0.240 e. The van der Waals surface area contributed by atoms with E-state index >= 15 is 0 Å². The average molecular weight is 395 g/mol. The van der Waals surface area contributed by atoms with Crippen molar-refractivity contribution < 1.29 is 19.0 Å². The molecule has 3 N–H and O–H groups in total. The molecule has 0 saturated carbocycles. The van der Waals surface area contributed by atoms with Crippen LogP contribution in [-0.2, 0) is 11.4 Å². The van der Waals surface area contributed by atoms with Crippen LogP contribution in [0.2, 0.25) is 0 Å². The number of likely N-dealkylation sites (N-methyl/N-ethyl adjacent to an activating group) is 1. The Bertz CT molecular complexity index is 787. The van der Waals surface area contributed by atoms with Gasteiger partial charge in [-0.3, -0.25) is 9.69 Å². The number of ether oxygens (including phenoxy) is 1. The fourth-order valence-corrected chi connectivity index (χ4v) is 3.56. The van der Waals surface area contributed by atoms with Crippen LogP contribution in [0.3, 0.4) is 0 Å². The van der Waals surface area contributed by atoms with Crippen LogP contribution in [-0.4, -0.2) is 35.1 Å². The maximum atomic E-state index is 13.6. The van der Waals surface area contributed by atoms with E-state index in [0.29, 0.717) is 17.7 Å². The maximum absolute atomic E-state index is 13.6. The molecule has 2 aromatic carbocycles. The Labute approximate surface area is 164 Å². The van der Waals surface area contributed by atoms with Crippen molar-refractivity contribution in [2.75, 3.05) is 13.7 Å². The summed E-state index contributed by atoms with van der Waals surface area (Å²) in [5, 5.41) is 9.67. The number of likely N-dealkylation sites (tertiary alicyclic amines) is 1. The fourth-order valence-electron chi connectivity index (χ4n) is 3.56. The molecule has 1 aliphatic heterocycles. The summed E-state index contributed by atoms with van der Waals surface area (Å²) in [6, 6.07) is 14.0. The second-order valence-electron chi connectivity index (χ2n) is 6.67. The first-order valence-corrected chi connectivity index (χ1v) is 8.58. The molecule has 1 aliphatic rings. The first-order chi connectivity index (χ1) is 12.5. The number of amides is 1. The summed E-state index contributed by atoms with van der Waals surface area (Å²) in [7, 11) is 1.81. The van der Waals surface area contributed by atoms with Crippen molar-refractivity contribution in [3.63, 3.8) is 0 Å². The fraction of sp³-hybridized carbons (Fsp3) is 0.350. The molecule has 1 heterocycles. The van der Waals surface area contributed by atoms with E-state index in [-0.39, 0.29) is 37.5 Å². The van der Waals surface area contributed by atoms with Crippen LogP contribution < -0.4 is 10.5 Å². The van der Waals surface area contributed by atoms with Crippen molar-refractivity contribution in [2.24, 2.45) is 5.73 Å². The minimum absolute atomic E-state index is 0. The van der Waals surface area contributed by atoms with E-state index in [9.17, 15) is 14.3 Å². The molecule has 146 valence electrons. The number of nitrogens with two attached hydrogens (primary N) is 1. The van der Waals surface area contributed by atoms with E-state index in [1.54, 1.807) is 25.2 Å². The Kier molecular flexibility index (Phi) is 6.81. The number of rotatable bonds is 6. The SMILES string of the molecule is CN1[C@@H](c2ccc(OCc3ccccc3F)cc2)CC[C@@]1(CO)C(N)=O.Cl. The van der Waals surface area contributed by atoms with Crippen molar-refractivity contribution >= 4 is 18.3 Å². The molecule has 2 aromatic rings. The van der Waals surface area contributed by atoms with Crippen LogP contribution in [0.1, 0.15) is 30.0 Å². The van der Waals surface area contributed by atoms with Gasteiger partial charge in [-0.05, 0) is 43.7 Å². The molecule has 0 radical (unpaired) electrons. The zero-order chi connectivity index (χ0) is 18.7. The van der Waals surface area contributed by atoms with Crippen LogP contribution in [0.5, 0.6) is 5.75 Å². The second-order valence-corrected chi connectivity index (χ2v) is 6.67.